The number of rotatable bonds is 0. The van der Waals surface area contributed by atoms with Gasteiger partial charge in [-0.15, -0.1) is 0 Å². The van der Waals surface area contributed by atoms with E-state index in [4.69, 9.17) is 0 Å². The molecule has 1 fully saturated rings. The fourth-order valence-electron chi connectivity index (χ4n) is 1.47. The molecule has 12 heavy (non-hydrogen) atoms. The molecule has 0 bridgehead atoms. The van der Waals surface area contributed by atoms with Gasteiger partial charge in [-0.1, -0.05) is 5.57 Å². The molecular weight excluding hydrogens is 150 g/mol. The minimum absolute atomic E-state index is 0.0178. The maximum Gasteiger partial charge on any atom is 0.247 e. The van der Waals surface area contributed by atoms with Crippen LogP contribution >= 0.6 is 0 Å². The Labute approximate surface area is 74.0 Å². The molecule has 2 nitrogen and oxygen atoms in total. The number of hydrogen-bond donors (Lipinski definition) is 1. The summed E-state index contributed by atoms with van der Waals surface area (Å²) >= 11 is 0. The summed E-state index contributed by atoms with van der Waals surface area (Å²) in [6.45, 7) is 8.11. The molecule has 1 rings (SSSR count). The molecule has 2 heteroatoms. The molecule has 0 atom stereocenters. The summed E-state index contributed by atoms with van der Waals surface area (Å²) in [5.74, 6) is 0.117. The van der Waals surface area contributed by atoms with E-state index in [9.17, 15) is 4.79 Å². The Kier molecular flexibility index (Phi) is 2.27. The van der Waals surface area contributed by atoms with Crippen molar-refractivity contribution >= 4 is 5.91 Å². The molecule has 1 aliphatic rings. The molecule has 0 aromatic rings. The van der Waals surface area contributed by atoms with Gasteiger partial charge >= 0.3 is 0 Å². The SMILES string of the molecule is CC(C)=C1CCC(C)(C)NC1=O. The van der Waals surface area contributed by atoms with Crippen LogP contribution in [-0.2, 0) is 4.79 Å². The summed E-state index contributed by atoms with van der Waals surface area (Å²) in [4.78, 5) is 11.5. The van der Waals surface area contributed by atoms with Crippen LogP contribution in [0.15, 0.2) is 11.1 Å². The third kappa shape index (κ3) is 1.87. The van der Waals surface area contributed by atoms with E-state index >= 15 is 0 Å². The van der Waals surface area contributed by atoms with Crippen LogP contribution in [-0.4, -0.2) is 11.4 Å². The highest BCUT2D eigenvalue weighted by Crippen LogP contribution is 2.24. The van der Waals surface area contributed by atoms with Crippen LogP contribution in [0.4, 0.5) is 0 Å². The lowest BCUT2D eigenvalue weighted by Crippen LogP contribution is -2.47. The Morgan fingerprint density at radius 2 is 2.00 bits per heavy atom. The molecule has 0 saturated carbocycles. The molecule has 68 valence electrons. The Bertz CT molecular complexity index is 234. The second-order valence-corrected chi connectivity index (χ2v) is 4.32. The Balaban J connectivity index is 2.81. The molecule has 0 spiro atoms. The van der Waals surface area contributed by atoms with Crippen LogP contribution in [0.1, 0.15) is 40.5 Å². The monoisotopic (exact) mass is 167 g/mol. The molecule has 1 heterocycles. The van der Waals surface area contributed by atoms with Gasteiger partial charge in [0.15, 0.2) is 0 Å². The van der Waals surface area contributed by atoms with Crippen molar-refractivity contribution in [3.8, 4) is 0 Å². The minimum Gasteiger partial charge on any atom is -0.347 e. The number of amides is 1. The average Bonchev–Trinajstić information content (AvgIpc) is 1.83. The first-order valence-corrected chi connectivity index (χ1v) is 4.41. The number of carbonyl (C=O) groups is 1. The average molecular weight is 167 g/mol. The third-order valence-electron chi connectivity index (χ3n) is 2.33. The number of carbonyl (C=O) groups excluding carboxylic acids is 1. The van der Waals surface area contributed by atoms with Crippen LogP contribution in [0.5, 0.6) is 0 Å². The lowest BCUT2D eigenvalue weighted by atomic mass is 9.88. The smallest absolute Gasteiger partial charge is 0.247 e. The first kappa shape index (κ1) is 9.30. The zero-order valence-corrected chi connectivity index (χ0v) is 8.32. The summed E-state index contributed by atoms with van der Waals surface area (Å²) in [6.07, 6.45) is 1.96. The predicted octanol–water partition coefficient (Wildman–Crippen LogP) is 2.01. The highest BCUT2D eigenvalue weighted by Gasteiger charge is 2.28. The Morgan fingerprint density at radius 1 is 1.42 bits per heavy atom. The fourth-order valence-corrected chi connectivity index (χ4v) is 1.47. The van der Waals surface area contributed by atoms with Crippen molar-refractivity contribution in [3.05, 3.63) is 11.1 Å². The number of allylic oxidation sites excluding steroid dienone is 1. The van der Waals surface area contributed by atoms with Crippen LogP contribution in [0.2, 0.25) is 0 Å². The molecule has 0 aromatic carbocycles. The van der Waals surface area contributed by atoms with E-state index in [2.05, 4.69) is 19.2 Å². The van der Waals surface area contributed by atoms with Crippen molar-refractivity contribution in [1.82, 2.24) is 5.32 Å². The van der Waals surface area contributed by atoms with Crippen LogP contribution in [0.25, 0.3) is 0 Å². The lowest BCUT2D eigenvalue weighted by Gasteiger charge is -2.32. The quantitative estimate of drug-likeness (QED) is 0.549. The summed E-state index contributed by atoms with van der Waals surface area (Å²) in [5.41, 5.74) is 2.09. The van der Waals surface area contributed by atoms with Crippen molar-refractivity contribution in [2.24, 2.45) is 0 Å². The first-order valence-electron chi connectivity index (χ1n) is 4.41. The largest absolute Gasteiger partial charge is 0.347 e. The molecule has 0 aliphatic carbocycles. The molecule has 1 aliphatic heterocycles. The normalized spacial score (nSPS) is 22.0. The summed E-state index contributed by atoms with van der Waals surface area (Å²) in [7, 11) is 0. The molecule has 1 amide bonds. The van der Waals surface area contributed by atoms with Gasteiger partial charge in [-0.2, -0.15) is 0 Å². The second-order valence-electron chi connectivity index (χ2n) is 4.32. The predicted molar refractivity (Wildman–Crippen MR) is 49.8 cm³/mol. The van der Waals surface area contributed by atoms with Crippen molar-refractivity contribution in [3.63, 3.8) is 0 Å². The zero-order chi connectivity index (χ0) is 9.35. The number of nitrogens with one attached hydrogen (secondary N) is 1. The fraction of sp³-hybridized carbons (Fsp3) is 0.700. The van der Waals surface area contributed by atoms with Crippen molar-refractivity contribution < 1.29 is 4.79 Å². The number of hydrogen-bond acceptors (Lipinski definition) is 1. The molecule has 1 saturated heterocycles. The van der Waals surface area contributed by atoms with E-state index in [1.807, 2.05) is 13.8 Å². The Morgan fingerprint density at radius 3 is 2.42 bits per heavy atom. The summed E-state index contributed by atoms with van der Waals surface area (Å²) in [5, 5.41) is 2.99. The lowest BCUT2D eigenvalue weighted by molar-refractivity contribution is -0.120. The molecule has 0 radical (unpaired) electrons. The molecular formula is C10H17NO. The summed E-state index contributed by atoms with van der Waals surface area (Å²) in [6, 6.07) is 0. The maximum absolute atomic E-state index is 11.5. The van der Waals surface area contributed by atoms with Gasteiger partial charge in [0.25, 0.3) is 0 Å². The van der Waals surface area contributed by atoms with Crippen molar-refractivity contribution in [1.29, 1.82) is 0 Å². The van der Waals surface area contributed by atoms with Gasteiger partial charge in [0.05, 0.1) is 0 Å². The van der Waals surface area contributed by atoms with Crippen LogP contribution in [0.3, 0.4) is 0 Å². The van der Waals surface area contributed by atoms with Crippen molar-refractivity contribution in [2.45, 2.75) is 46.1 Å². The minimum atomic E-state index is -0.0178. The van der Waals surface area contributed by atoms with Crippen LogP contribution < -0.4 is 5.32 Å². The molecule has 0 unspecified atom stereocenters. The maximum atomic E-state index is 11.5. The van der Waals surface area contributed by atoms with Gasteiger partial charge < -0.3 is 5.32 Å². The van der Waals surface area contributed by atoms with E-state index in [1.54, 1.807) is 0 Å². The van der Waals surface area contributed by atoms with E-state index in [0.29, 0.717) is 0 Å². The first-order chi connectivity index (χ1) is 5.42. The third-order valence-corrected chi connectivity index (χ3v) is 2.33. The zero-order valence-electron chi connectivity index (χ0n) is 8.32. The van der Waals surface area contributed by atoms with Gasteiger partial charge in [-0.05, 0) is 40.5 Å². The topological polar surface area (TPSA) is 29.1 Å². The van der Waals surface area contributed by atoms with Crippen LogP contribution in [0, 0.1) is 0 Å². The van der Waals surface area contributed by atoms with Gasteiger partial charge in [0.1, 0.15) is 0 Å². The number of piperidine rings is 1. The van der Waals surface area contributed by atoms with E-state index in [-0.39, 0.29) is 11.4 Å². The van der Waals surface area contributed by atoms with E-state index in [0.717, 1.165) is 24.0 Å². The van der Waals surface area contributed by atoms with Gasteiger partial charge in [-0.25, -0.2) is 0 Å². The van der Waals surface area contributed by atoms with Crippen molar-refractivity contribution in [2.75, 3.05) is 0 Å². The highest BCUT2D eigenvalue weighted by molar-refractivity contribution is 5.95. The standard InChI is InChI=1S/C10H17NO/c1-7(2)8-5-6-10(3,4)11-9(8)12/h5-6H2,1-4H3,(H,11,12). The van der Waals surface area contributed by atoms with Gasteiger partial charge in [0, 0.05) is 11.1 Å². The molecule has 0 aromatic heterocycles. The van der Waals surface area contributed by atoms with Gasteiger partial charge in [0.2, 0.25) is 5.91 Å². The van der Waals surface area contributed by atoms with E-state index in [1.165, 1.54) is 0 Å². The second kappa shape index (κ2) is 2.92. The van der Waals surface area contributed by atoms with Gasteiger partial charge in [-0.3, -0.25) is 4.79 Å². The van der Waals surface area contributed by atoms with E-state index < -0.39 is 0 Å². The summed E-state index contributed by atoms with van der Waals surface area (Å²) < 4.78 is 0. The Hall–Kier alpha value is -0.790. The highest BCUT2D eigenvalue weighted by atomic mass is 16.1. The molecule has 1 N–H and O–H groups in total.